The molecule has 2 N–H and O–H groups in total. The average Bonchev–Trinajstić information content (AvgIpc) is 2.89. The lowest BCUT2D eigenvalue weighted by atomic mass is 10.3. The summed E-state index contributed by atoms with van der Waals surface area (Å²) in [5.74, 6) is 1.81. The molecule has 0 amide bonds. The number of sulfone groups is 1. The maximum atomic E-state index is 11.5. The first-order valence-electron chi connectivity index (χ1n) is 7.71. The van der Waals surface area contributed by atoms with Gasteiger partial charge in [0, 0.05) is 6.04 Å². The molecular weight excluding hydrogens is 330 g/mol. The third-order valence-electron chi connectivity index (χ3n) is 3.57. The minimum atomic E-state index is -2.96. The summed E-state index contributed by atoms with van der Waals surface area (Å²) in [5, 5.41) is 14.0. The van der Waals surface area contributed by atoms with Crippen LogP contribution in [0.3, 0.4) is 0 Å². The van der Waals surface area contributed by atoms with E-state index >= 15 is 0 Å². The number of ether oxygens (including phenoxy) is 1. The molecule has 0 spiro atoms. The lowest BCUT2D eigenvalue weighted by molar-refractivity contribution is 0.342. The molecule has 0 aliphatic carbocycles. The first-order valence-corrected chi connectivity index (χ1v) is 9.53. The van der Waals surface area contributed by atoms with Crippen LogP contribution in [0.4, 0.5) is 17.5 Å². The van der Waals surface area contributed by atoms with Crippen LogP contribution < -0.4 is 15.4 Å². The van der Waals surface area contributed by atoms with Gasteiger partial charge in [-0.15, -0.1) is 5.10 Å². The Labute approximate surface area is 140 Å². The van der Waals surface area contributed by atoms with Gasteiger partial charge in [0.2, 0.25) is 5.95 Å². The monoisotopic (exact) mass is 349 g/mol. The molecule has 1 unspecified atom stereocenters. The van der Waals surface area contributed by atoms with Gasteiger partial charge in [-0.1, -0.05) is 12.1 Å². The number of rotatable bonds is 6. The standard InChI is InChI=1S/C15H19N5O3S/c1-2-23-13-6-4-3-5-12(13)18-14-9-16-20-15(19-14)17-11-7-8-24(21,22)10-11/h3-6,9,11H,2,7-8,10H2,1H3,(H2,17,18,19,20). The van der Waals surface area contributed by atoms with Crippen molar-refractivity contribution in [2.75, 3.05) is 28.7 Å². The van der Waals surface area contributed by atoms with Gasteiger partial charge < -0.3 is 15.4 Å². The molecule has 2 heterocycles. The fourth-order valence-corrected chi connectivity index (χ4v) is 4.18. The van der Waals surface area contributed by atoms with Gasteiger partial charge >= 0.3 is 0 Å². The number of nitrogens with one attached hydrogen (secondary N) is 2. The Balaban J connectivity index is 1.72. The van der Waals surface area contributed by atoms with Gasteiger partial charge in [-0.3, -0.25) is 0 Å². The van der Waals surface area contributed by atoms with E-state index in [0.29, 0.717) is 24.8 Å². The summed E-state index contributed by atoms with van der Waals surface area (Å²) in [5.41, 5.74) is 0.772. The zero-order chi connectivity index (χ0) is 17.0. The first-order chi connectivity index (χ1) is 11.6. The Morgan fingerprint density at radius 1 is 1.33 bits per heavy atom. The Kier molecular flexibility index (Phi) is 4.79. The van der Waals surface area contributed by atoms with E-state index in [1.165, 1.54) is 6.20 Å². The van der Waals surface area contributed by atoms with Crippen molar-refractivity contribution in [3.63, 3.8) is 0 Å². The number of benzene rings is 1. The number of aromatic nitrogens is 3. The van der Waals surface area contributed by atoms with Gasteiger partial charge in [0.15, 0.2) is 15.7 Å². The summed E-state index contributed by atoms with van der Waals surface area (Å²) in [4.78, 5) is 4.33. The lowest BCUT2D eigenvalue weighted by Gasteiger charge is -2.13. The van der Waals surface area contributed by atoms with E-state index in [2.05, 4.69) is 25.8 Å². The molecule has 24 heavy (non-hydrogen) atoms. The molecule has 0 saturated carbocycles. The highest BCUT2D eigenvalue weighted by molar-refractivity contribution is 7.91. The highest BCUT2D eigenvalue weighted by Gasteiger charge is 2.28. The van der Waals surface area contributed by atoms with Crippen LogP contribution >= 0.6 is 0 Å². The summed E-state index contributed by atoms with van der Waals surface area (Å²) in [6.45, 7) is 2.48. The molecule has 0 radical (unpaired) electrons. The van der Waals surface area contributed by atoms with E-state index in [4.69, 9.17) is 4.74 Å². The van der Waals surface area contributed by atoms with Crippen LogP contribution in [-0.4, -0.2) is 47.8 Å². The Morgan fingerprint density at radius 2 is 2.17 bits per heavy atom. The lowest BCUT2D eigenvalue weighted by Crippen LogP contribution is -2.22. The molecule has 1 saturated heterocycles. The molecule has 8 nitrogen and oxygen atoms in total. The summed E-state index contributed by atoms with van der Waals surface area (Å²) < 4.78 is 28.6. The first kappa shape index (κ1) is 16.4. The van der Waals surface area contributed by atoms with Gasteiger partial charge in [-0.25, -0.2) is 8.42 Å². The van der Waals surface area contributed by atoms with E-state index in [0.717, 1.165) is 11.4 Å². The second kappa shape index (κ2) is 7.00. The van der Waals surface area contributed by atoms with Crippen LogP contribution in [-0.2, 0) is 9.84 Å². The second-order valence-electron chi connectivity index (χ2n) is 5.46. The fraction of sp³-hybridized carbons (Fsp3) is 0.400. The van der Waals surface area contributed by atoms with Crippen LogP contribution in [0.2, 0.25) is 0 Å². The van der Waals surface area contributed by atoms with Crippen molar-refractivity contribution in [2.45, 2.75) is 19.4 Å². The predicted octanol–water partition coefficient (Wildman–Crippen LogP) is 1.61. The maximum absolute atomic E-state index is 11.5. The molecule has 1 fully saturated rings. The van der Waals surface area contributed by atoms with Crippen molar-refractivity contribution in [1.82, 2.24) is 15.2 Å². The largest absolute Gasteiger partial charge is 0.492 e. The van der Waals surface area contributed by atoms with Gasteiger partial charge in [0.05, 0.1) is 30.0 Å². The van der Waals surface area contributed by atoms with Crippen LogP contribution in [0.15, 0.2) is 30.5 Å². The van der Waals surface area contributed by atoms with Crippen molar-refractivity contribution < 1.29 is 13.2 Å². The van der Waals surface area contributed by atoms with Crippen molar-refractivity contribution in [1.29, 1.82) is 0 Å². The van der Waals surface area contributed by atoms with E-state index in [1.54, 1.807) is 0 Å². The molecule has 3 rings (SSSR count). The average molecular weight is 349 g/mol. The summed E-state index contributed by atoms with van der Waals surface area (Å²) in [7, 11) is -2.96. The number of para-hydroxylation sites is 2. The fourth-order valence-electron chi connectivity index (χ4n) is 2.51. The zero-order valence-electron chi connectivity index (χ0n) is 13.3. The zero-order valence-corrected chi connectivity index (χ0v) is 14.1. The van der Waals surface area contributed by atoms with Crippen molar-refractivity contribution in [3.8, 4) is 5.75 Å². The SMILES string of the molecule is CCOc1ccccc1Nc1cnnc(NC2CCS(=O)(=O)C2)n1. The van der Waals surface area contributed by atoms with E-state index in [-0.39, 0.29) is 17.5 Å². The van der Waals surface area contributed by atoms with Crippen LogP contribution in [0, 0.1) is 0 Å². The minimum Gasteiger partial charge on any atom is -0.492 e. The predicted molar refractivity (Wildman–Crippen MR) is 91.4 cm³/mol. The Morgan fingerprint density at radius 3 is 2.92 bits per heavy atom. The molecule has 0 bridgehead atoms. The Bertz CT molecular complexity index is 812. The van der Waals surface area contributed by atoms with E-state index in [9.17, 15) is 8.42 Å². The molecule has 1 aromatic carbocycles. The number of hydrogen-bond acceptors (Lipinski definition) is 8. The molecule has 2 aromatic rings. The van der Waals surface area contributed by atoms with Crippen molar-refractivity contribution in [2.24, 2.45) is 0 Å². The normalized spacial score (nSPS) is 19.0. The van der Waals surface area contributed by atoms with Crippen molar-refractivity contribution >= 4 is 27.3 Å². The third-order valence-corrected chi connectivity index (χ3v) is 5.34. The molecule has 9 heteroatoms. The number of nitrogens with zero attached hydrogens (tertiary/aromatic N) is 3. The number of anilines is 3. The Hall–Kier alpha value is -2.42. The highest BCUT2D eigenvalue weighted by Crippen LogP contribution is 2.26. The van der Waals surface area contributed by atoms with Gasteiger partial charge in [-0.2, -0.15) is 10.1 Å². The molecule has 1 atom stereocenters. The summed E-state index contributed by atoms with van der Waals surface area (Å²) in [6, 6.07) is 7.35. The van der Waals surface area contributed by atoms with Gasteiger partial charge in [0.1, 0.15) is 5.75 Å². The molecule has 1 aromatic heterocycles. The van der Waals surface area contributed by atoms with Crippen LogP contribution in [0.1, 0.15) is 13.3 Å². The molecule has 128 valence electrons. The van der Waals surface area contributed by atoms with E-state index < -0.39 is 9.84 Å². The third kappa shape index (κ3) is 4.10. The molecule has 1 aliphatic rings. The summed E-state index contributed by atoms with van der Waals surface area (Å²) >= 11 is 0. The topological polar surface area (TPSA) is 106 Å². The summed E-state index contributed by atoms with van der Waals surface area (Å²) in [6.07, 6.45) is 2.05. The minimum absolute atomic E-state index is 0.0984. The van der Waals surface area contributed by atoms with Crippen molar-refractivity contribution in [3.05, 3.63) is 30.5 Å². The van der Waals surface area contributed by atoms with Crippen LogP contribution in [0.25, 0.3) is 0 Å². The van der Waals surface area contributed by atoms with Crippen LogP contribution in [0.5, 0.6) is 5.75 Å². The quantitative estimate of drug-likeness (QED) is 0.810. The molecular formula is C15H19N5O3S. The highest BCUT2D eigenvalue weighted by atomic mass is 32.2. The van der Waals surface area contributed by atoms with Gasteiger partial charge in [0.25, 0.3) is 0 Å². The molecule has 1 aliphatic heterocycles. The smallest absolute Gasteiger partial charge is 0.244 e. The second-order valence-corrected chi connectivity index (χ2v) is 7.69. The number of hydrogen-bond donors (Lipinski definition) is 2. The van der Waals surface area contributed by atoms with Gasteiger partial charge in [-0.05, 0) is 25.5 Å². The van der Waals surface area contributed by atoms with E-state index in [1.807, 2.05) is 31.2 Å². The maximum Gasteiger partial charge on any atom is 0.244 e.